The molecule has 0 aromatic rings. The summed E-state index contributed by atoms with van der Waals surface area (Å²) in [6.45, 7) is 30.8. The minimum Gasteiger partial charge on any atom is -0.0946 e. The monoisotopic (exact) mass is 438 g/mol. The van der Waals surface area contributed by atoms with Crippen LogP contribution in [0.3, 0.4) is 0 Å². The van der Waals surface area contributed by atoms with Gasteiger partial charge in [-0.3, -0.25) is 0 Å². The van der Waals surface area contributed by atoms with Gasteiger partial charge in [-0.25, -0.2) is 0 Å². The molecule has 0 radical (unpaired) electrons. The molecule has 0 nitrogen and oxygen atoms in total. The highest BCUT2D eigenvalue weighted by Crippen LogP contribution is 2.67. The fourth-order valence-corrected chi connectivity index (χ4v) is 6.57. The fourth-order valence-electron chi connectivity index (χ4n) is 5.35. The first-order chi connectivity index (χ1) is 10.6. The Kier molecular flexibility index (Phi) is 4.46. The molecule has 3 atom stereocenters. The van der Waals surface area contributed by atoms with Crippen LogP contribution >= 0.6 is 22.6 Å². The molecule has 0 aliphatic heterocycles. The highest BCUT2D eigenvalue weighted by molar-refractivity contribution is 14.1. The lowest BCUT2D eigenvalue weighted by Gasteiger charge is -2.59. The second-order valence-corrected chi connectivity index (χ2v) is 11.3. The molecule has 0 saturated heterocycles. The van der Waals surface area contributed by atoms with Crippen molar-refractivity contribution in [1.29, 1.82) is 0 Å². The molecule has 3 rings (SSSR count). The molecule has 0 fully saturated rings. The van der Waals surface area contributed by atoms with Gasteiger partial charge in [0.25, 0.3) is 0 Å². The van der Waals surface area contributed by atoms with Gasteiger partial charge < -0.3 is 0 Å². The van der Waals surface area contributed by atoms with E-state index >= 15 is 0 Å². The molecule has 3 aliphatic rings. The number of allylic oxidation sites excluding steroid dienone is 7. The van der Waals surface area contributed by atoms with Crippen molar-refractivity contribution in [2.75, 3.05) is 0 Å². The second-order valence-electron chi connectivity index (χ2n) is 9.11. The van der Waals surface area contributed by atoms with Crippen molar-refractivity contribution in [1.82, 2.24) is 0 Å². The Hall–Kier alpha value is -0.310. The topological polar surface area (TPSA) is 0 Å². The lowest BCUT2D eigenvalue weighted by Crippen LogP contribution is -2.51. The Morgan fingerprint density at radius 3 is 1.50 bits per heavy atom. The standard InChI is InChI=1S/C23H35I/c1-13-14(2)21(10)18(6)19(7)23(12,24)22(11,15(13)3)17(5)16(4)20(21,8)9/h2H2,1,3-12H3/b15-13-,17-16-,19-18-. The van der Waals surface area contributed by atoms with Crippen LogP contribution in [0.4, 0.5) is 0 Å². The van der Waals surface area contributed by atoms with Gasteiger partial charge in [-0.2, -0.15) is 0 Å². The van der Waals surface area contributed by atoms with Crippen molar-refractivity contribution in [3.8, 4) is 0 Å². The van der Waals surface area contributed by atoms with E-state index in [1.165, 1.54) is 39.0 Å². The van der Waals surface area contributed by atoms with Gasteiger partial charge in [0.05, 0.1) is 3.42 Å². The van der Waals surface area contributed by atoms with Gasteiger partial charge in [0.15, 0.2) is 0 Å². The third kappa shape index (κ3) is 1.91. The van der Waals surface area contributed by atoms with Gasteiger partial charge >= 0.3 is 0 Å². The molecule has 134 valence electrons. The van der Waals surface area contributed by atoms with E-state index < -0.39 is 0 Å². The second kappa shape index (κ2) is 5.34. The van der Waals surface area contributed by atoms with E-state index in [-0.39, 0.29) is 19.7 Å². The number of rotatable bonds is 0. The number of halogens is 1. The van der Waals surface area contributed by atoms with Crippen LogP contribution in [-0.2, 0) is 0 Å². The summed E-state index contributed by atoms with van der Waals surface area (Å²) in [5.41, 5.74) is 10.2. The first kappa shape index (κ1) is 20.0. The van der Waals surface area contributed by atoms with E-state index in [0.717, 1.165) is 0 Å². The molecule has 0 aromatic heterocycles. The molecular weight excluding hydrogens is 403 g/mol. The van der Waals surface area contributed by atoms with Crippen LogP contribution in [0.1, 0.15) is 76.2 Å². The Morgan fingerprint density at radius 1 is 0.625 bits per heavy atom. The smallest absolute Gasteiger partial charge is 0.0530 e. The van der Waals surface area contributed by atoms with Crippen LogP contribution in [0.15, 0.2) is 45.6 Å². The minimum atomic E-state index is -0.0675. The largest absolute Gasteiger partial charge is 0.0946 e. The van der Waals surface area contributed by atoms with Gasteiger partial charge in [-0.15, -0.1) is 0 Å². The molecular formula is C23H35I. The van der Waals surface area contributed by atoms with E-state index in [1.54, 1.807) is 0 Å². The van der Waals surface area contributed by atoms with Crippen molar-refractivity contribution in [3.05, 3.63) is 45.6 Å². The van der Waals surface area contributed by atoms with Crippen molar-refractivity contribution < 1.29 is 0 Å². The molecule has 0 N–H and O–H groups in total. The Labute approximate surface area is 163 Å². The molecule has 0 amide bonds. The van der Waals surface area contributed by atoms with Crippen molar-refractivity contribution in [2.24, 2.45) is 16.2 Å². The van der Waals surface area contributed by atoms with Gasteiger partial charge in [0.1, 0.15) is 0 Å². The van der Waals surface area contributed by atoms with Gasteiger partial charge in [0, 0.05) is 10.8 Å². The van der Waals surface area contributed by atoms with Crippen LogP contribution in [-0.4, -0.2) is 3.42 Å². The Balaban J connectivity index is 3.23. The summed E-state index contributed by atoms with van der Waals surface area (Å²) in [4.78, 5) is 0. The normalized spacial score (nSPS) is 49.1. The van der Waals surface area contributed by atoms with Crippen molar-refractivity contribution in [3.63, 3.8) is 0 Å². The molecule has 2 bridgehead atoms. The Morgan fingerprint density at radius 2 is 1.04 bits per heavy atom. The minimum absolute atomic E-state index is 0.00493. The lowest BCUT2D eigenvalue weighted by atomic mass is 9.47. The third-order valence-electron chi connectivity index (χ3n) is 8.82. The third-order valence-corrected chi connectivity index (χ3v) is 10.7. The maximum atomic E-state index is 4.64. The average molecular weight is 438 g/mol. The predicted molar refractivity (Wildman–Crippen MR) is 117 cm³/mol. The molecule has 0 heterocycles. The summed E-state index contributed by atoms with van der Waals surface area (Å²) in [6.07, 6.45) is 0. The van der Waals surface area contributed by atoms with Crippen LogP contribution < -0.4 is 0 Å². The van der Waals surface area contributed by atoms with Gasteiger partial charge in [-0.1, -0.05) is 84.7 Å². The zero-order valence-corrected chi connectivity index (χ0v) is 19.7. The van der Waals surface area contributed by atoms with E-state index in [1.807, 2.05) is 0 Å². The molecule has 3 aliphatic carbocycles. The van der Waals surface area contributed by atoms with Crippen molar-refractivity contribution in [2.45, 2.75) is 79.6 Å². The van der Waals surface area contributed by atoms with Crippen LogP contribution in [0.2, 0.25) is 0 Å². The molecule has 24 heavy (non-hydrogen) atoms. The number of fused-ring (bicyclic) bond motifs is 3. The maximum Gasteiger partial charge on any atom is 0.0530 e. The van der Waals surface area contributed by atoms with E-state index in [2.05, 4.69) is 105 Å². The maximum absolute atomic E-state index is 4.64. The molecule has 0 spiro atoms. The average Bonchev–Trinajstić information content (AvgIpc) is 2.53. The summed E-state index contributed by atoms with van der Waals surface area (Å²) >= 11 is 2.72. The van der Waals surface area contributed by atoms with Crippen molar-refractivity contribution >= 4 is 22.6 Å². The molecule has 0 aromatic carbocycles. The van der Waals surface area contributed by atoms with E-state index in [0.29, 0.717) is 0 Å². The first-order valence-electron chi connectivity index (χ1n) is 9.04. The van der Waals surface area contributed by atoms with Crippen LogP contribution in [0.25, 0.3) is 0 Å². The summed E-state index contributed by atoms with van der Waals surface area (Å²) in [5, 5.41) is 0. The van der Waals surface area contributed by atoms with Crippen LogP contribution in [0, 0.1) is 16.2 Å². The Bertz CT molecular complexity index is 723. The van der Waals surface area contributed by atoms with Crippen LogP contribution in [0.5, 0.6) is 0 Å². The zero-order chi connectivity index (χ0) is 19.0. The van der Waals surface area contributed by atoms with E-state index in [9.17, 15) is 0 Å². The summed E-state index contributed by atoms with van der Waals surface area (Å²) < 4.78 is 0.0456. The molecule has 0 saturated carbocycles. The number of hydrogen-bond donors (Lipinski definition) is 0. The first-order valence-corrected chi connectivity index (χ1v) is 10.1. The lowest BCUT2D eigenvalue weighted by molar-refractivity contribution is 0.199. The van der Waals surface area contributed by atoms with E-state index in [4.69, 9.17) is 0 Å². The van der Waals surface area contributed by atoms with Gasteiger partial charge in [-0.05, 0) is 65.0 Å². The highest BCUT2D eigenvalue weighted by Gasteiger charge is 2.57. The molecule has 3 unspecified atom stereocenters. The fraction of sp³-hybridized carbons (Fsp3) is 0.652. The zero-order valence-electron chi connectivity index (χ0n) is 17.6. The summed E-state index contributed by atoms with van der Waals surface area (Å²) in [6, 6.07) is 0. The molecule has 1 heteroatoms. The SMILES string of the molecule is C=C1/C(C)=C(/C)C2(C)/C(C)=C(/C)C(C)(C)C1(C)/C(C)=C(/C)C2(C)I. The predicted octanol–water partition coefficient (Wildman–Crippen LogP) is 7.81. The number of alkyl halides is 1. The summed E-state index contributed by atoms with van der Waals surface area (Å²) in [5.74, 6) is 0. The highest BCUT2D eigenvalue weighted by atomic mass is 127. The quantitative estimate of drug-likeness (QED) is 0.206. The summed E-state index contributed by atoms with van der Waals surface area (Å²) in [7, 11) is 0. The number of hydrogen-bond acceptors (Lipinski definition) is 0. The van der Waals surface area contributed by atoms with Gasteiger partial charge in [0.2, 0.25) is 0 Å².